The molecule has 1 atom stereocenters. The van der Waals surface area contributed by atoms with E-state index in [4.69, 9.17) is 5.26 Å². The highest BCUT2D eigenvalue weighted by atomic mass is 79.9. The Morgan fingerprint density at radius 2 is 2.28 bits per heavy atom. The largest absolute Gasteiger partial charge is 0.375 e. The second kappa shape index (κ2) is 5.51. The van der Waals surface area contributed by atoms with Gasteiger partial charge in [-0.15, -0.1) is 11.3 Å². The van der Waals surface area contributed by atoms with Crippen molar-refractivity contribution in [2.45, 2.75) is 19.9 Å². The van der Waals surface area contributed by atoms with Gasteiger partial charge in [0.2, 0.25) is 0 Å². The van der Waals surface area contributed by atoms with Gasteiger partial charge in [-0.3, -0.25) is 0 Å². The molecule has 1 unspecified atom stereocenters. The first kappa shape index (κ1) is 13.1. The van der Waals surface area contributed by atoms with Gasteiger partial charge in [0, 0.05) is 15.5 Å². The normalized spacial score (nSPS) is 11.9. The first-order chi connectivity index (χ1) is 8.60. The minimum Gasteiger partial charge on any atom is -0.375 e. The van der Waals surface area contributed by atoms with Crippen LogP contribution in [0.15, 0.2) is 28.1 Å². The fourth-order valence-electron chi connectivity index (χ4n) is 1.60. The van der Waals surface area contributed by atoms with Crippen molar-refractivity contribution in [3.8, 4) is 6.07 Å². The van der Waals surface area contributed by atoms with Gasteiger partial charge in [0.25, 0.3) is 0 Å². The van der Waals surface area contributed by atoms with Crippen LogP contribution in [-0.2, 0) is 0 Å². The van der Waals surface area contributed by atoms with Gasteiger partial charge in [-0.2, -0.15) is 5.26 Å². The summed E-state index contributed by atoms with van der Waals surface area (Å²) in [7, 11) is 0. The highest BCUT2D eigenvalue weighted by Gasteiger charge is 2.11. The lowest BCUT2D eigenvalue weighted by atomic mass is 10.2. The Morgan fingerprint density at radius 1 is 1.50 bits per heavy atom. The number of aromatic nitrogens is 1. The molecule has 0 bridgehead atoms. The molecule has 0 aliphatic rings. The Kier molecular flexibility index (Phi) is 4.00. The maximum absolute atomic E-state index is 9.11. The van der Waals surface area contributed by atoms with Crippen LogP contribution in [0.5, 0.6) is 0 Å². The molecule has 0 saturated heterocycles. The maximum Gasteiger partial charge on any atom is 0.115 e. The van der Waals surface area contributed by atoms with Crippen molar-refractivity contribution in [3.63, 3.8) is 0 Å². The molecule has 0 aliphatic carbocycles. The van der Waals surface area contributed by atoms with Crippen molar-refractivity contribution in [1.29, 1.82) is 5.26 Å². The molecule has 0 amide bonds. The molecular formula is C13H12BrN3S. The molecular weight excluding hydrogens is 310 g/mol. The van der Waals surface area contributed by atoms with E-state index in [1.807, 2.05) is 37.4 Å². The molecule has 0 radical (unpaired) electrons. The summed E-state index contributed by atoms with van der Waals surface area (Å²) in [5.41, 5.74) is 2.49. The van der Waals surface area contributed by atoms with Crippen LogP contribution >= 0.6 is 27.3 Å². The van der Waals surface area contributed by atoms with Crippen LogP contribution < -0.4 is 5.32 Å². The van der Waals surface area contributed by atoms with Crippen molar-refractivity contribution in [2.75, 3.05) is 5.32 Å². The summed E-state index contributed by atoms with van der Waals surface area (Å²) in [5, 5.41) is 15.5. The van der Waals surface area contributed by atoms with Gasteiger partial charge in [0.15, 0.2) is 0 Å². The number of rotatable bonds is 3. The lowest BCUT2D eigenvalue weighted by Gasteiger charge is -2.14. The van der Waals surface area contributed by atoms with Gasteiger partial charge >= 0.3 is 0 Å². The molecule has 1 N–H and O–H groups in total. The summed E-state index contributed by atoms with van der Waals surface area (Å²) in [5.74, 6) is 0. The highest BCUT2D eigenvalue weighted by molar-refractivity contribution is 9.10. The molecule has 3 nitrogen and oxygen atoms in total. The summed E-state index contributed by atoms with van der Waals surface area (Å²) >= 11 is 4.99. The molecule has 0 fully saturated rings. The standard InChI is InChI=1S/C13H12BrN3S/c1-8-7-18-13(16-8)9(2)17-12-4-3-11(14)5-10(12)6-15/h3-5,7,9,17H,1-2H3. The van der Waals surface area contributed by atoms with Crippen LogP contribution in [-0.4, -0.2) is 4.98 Å². The Hall–Kier alpha value is -1.38. The molecule has 1 aromatic carbocycles. The molecule has 92 valence electrons. The summed E-state index contributed by atoms with van der Waals surface area (Å²) in [6, 6.07) is 7.91. The SMILES string of the molecule is Cc1csc(C(C)Nc2ccc(Br)cc2C#N)n1. The predicted octanol–water partition coefficient (Wildman–Crippen LogP) is 4.26. The average molecular weight is 322 g/mol. The summed E-state index contributed by atoms with van der Waals surface area (Å²) in [6.45, 7) is 4.02. The molecule has 0 saturated carbocycles. The number of anilines is 1. The molecule has 5 heteroatoms. The minimum absolute atomic E-state index is 0.0944. The molecule has 1 aromatic heterocycles. The number of halogens is 1. The third-order valence-corrected chi connectivity index (χ3v) is 4.12. The summed E-state index contributed by atoms with van der Waals surface area (Å²) in [6.07, 6.45) is 0. The van der Waals surface area contributed by atoms with Crippen molar-refractivity contribution in [2.24, 2.45) is 0 Å². The Labute approximate surface area is 119 Å². The molecule has 2 rings (SSSR count). The van der Waals surface area contributed by atoms with Crippen LogP contribution in [0, 0.1) is 18.3 Å². The third-order valence-electron chi connectivity index (χ3n) is 2.48. The van der Waals surface area contributed by atoms with Gasteiger partial charge in [0.05, 0.1) is 17.3 Å². The fourth-order valence-corrected chi connectivity index (χ4v) is 2.77. The lowest BCUT2D eigenvalue weighted by Crippen LogP contribution is -2.07. The smallest absolute Gasteiger partial charge is 0.115 e. The van der Waals surface area contributed by atoms with Gasteiger partial charge < -0.3 is 5.32 Å². The number of aryl methyl sites for hydroxylation is 1. The first-order valence-electron chi connectivity index (χ1n) is 5.48. The number of hydrogen-bond acceptors (Lipinski definition) is 4. The van der Waals surface area contributed by atoms with E-state index in [-0.39, 0.29) is 6.04 Å². The molecule has 2 aromatic rings. The summed E-state index contributed by atoms with van der Waals surface area (Å²) < 4.78 is 0.905. The van der Waals surface area contributed by atoms with E-state index in [1.165, 1.54) is 0 Å². The molecule has 0 spiro atoms. The average Bonchev–Trinajstić information content (AvgIpc) is 2.78. The third kappa shape index (κ3) is 2.89. The van der Waals surface area contributed by atoms with Crippen LogP contribution in [0.3, 0.4) is 0 Å². The van der Waals surface area contributed by atoms with E-state index in [1.54, 1.807) is 11.3 Å². The first-order valence-corrected chi connectivity index (χ1v) is 7.15. The van der Waals surface area contributed by atoms with Crippen LogP contribution in [0.1, 0.15) is 29.2 Å². The van der Waals surface area contributed by atoms with Gasteiger partial charge in [-0.25, -0.2) is 4.98 Å². The second-order valence-corrected chi connectivity index (χ2v) is 5.80. The van der Waals surface area contributed by atoms with E-state index in [0.717, 1.165) is 20.9 Å². The van der Waals surface area contributed by atoms with Crippen LogP contribution in [0.2, 0.25) is 0 Å². The zero-order valence-corrected chi connectivity index (χ0v) is 12.5. The zero-order chi connectivity index (χ0) is 13.1. The fraction of sp³-hybridized carbons (Fsp3) is 0.231. The van der Waals surface area contributed by atoms with Crippen molar-refractivity contribution < 1.29 is 0 Å². The van der Waals surface area contributed by atoms with Crippen molar-refractivity contribution >= 4 is 33.0 Å². The molecule has 1 heterocycles. The number of hydrogen-bond donors (Lipinski definition) is 1. The Morgan fingerprint density at radius 3 is 2.89 bits per heavy atom. The van der Waals surface area contributed by atoms with E-state index in [0.29, 0.717) is 5.56 Å². The summed E-state index contributed by atoms with van der Waals surface area (Å²) in [4.78, 5) is 4.44. The van der Waals surface area contributed by atoms with E-state index >= 15 is 0 Å². The number of nitrogens with one attached hydrogen (secondary N) is 1. The highest BCUT2D eigenvalue weighted by Crippen LogP contribution is 2.26. The van der Waals surface area contributed by atoms with Crippen molar-refractivity contribution in [1.82, 2.24) is 4.98 Å². The zero-order valence-electron chi connectivity index (χ0n) is 10.1. The Balaban J connectivity index is 2.22. The van der Waals surface area contributed by atoms with Crippen LogP contribution in [0.4, 0.5) is 5.69 Å². The van der Waals surface area contributed by atoms with E-state index in [9.17, 15) is 0 Å². The number of benzene rings is 1. The van der Waals surface area contributed by atoms with Gasteiger partial charge in [-0.1, -0.05) is 15.9 Å². The van der Waals surface area contributed by atoms with Gasteiger partial charge in [0.1, 0.15) is 11.1 Å². The van der Waals surface area contributed by atoms with E-state index < -0.39 is 0 Å². The van der Waals surface area contributed by atoms with Crippen molar-refractivity contribution in [3.05, 3.63) is 44.3 Å². The monoisotopic (exact) mass is 321 g/mol. The Bertz CT molecular complexity index is 601. The maximum atomic E-state index is 9.11. The molecule has 18 heavy (non-hydrogen) atoms. The van der Waals surface area contributed by atoms with Gasteiger partial charge in [-0.05, 0) is 32.0 Å². The lowest BCUT2D eigenvalue weighted by molar-refractivity contribution is 0.863. The number of nitriles is 1. The quantitative estimate of drug-likeness (QED) is 0.918. The minimum atomic E-state index is 0.0944. The molecule has 0 aliphatic heterocycles. The van der Waals surface area contributed by atoms with E-state index in [2.05, 4.69) is 32.3 Å². The number of thiazole rings is 1. The second-order valence-electron chi connectivity index (χ2n) is 3.99. The topological polar surface area (TPSA) is 48.7 Å². The predicted molar refractivity (Wildman–Crippen MR) is 77.7 cm³/mol. The number of nitrogens with zero attached hydrogens (tertiary/aromatic N) is 2. The van der Waals surface area contributed by atoms with Crippen LogP contribution in [0.25, 0.3) is 0 Å².